The first-order valence-corrected chi connectivity index (χ1v) is 8.42. The van der Waals surface area contributed by atoms with E-state index in [4.69, 9.17) is 11.6 Å². The molecule has 5 nitrogen and oxygen atoms in total. The van der Waals surface area contributed by atoms with Crippen molar-refractivity contribution in [2.45, 2.75) is 11.9 Å². The lowest BCUT2D eigenvalue weighted by Crippen LogP contribution is -2.15. The van der Waals surface area contributed by atoms with Gasteiger partial charge >= 0.3 is 0 Å². The number of hydrogen-bond donors (Lipinski definition) is 1. The Labute approximate surface area is 124 Å². The number of hydrogen-bond acceptors (Lipinski definition) is 4. The Balaban J connectivity index is 2.08. The van der Waals surface area contributed by atoms with Crippen molar-refractivity contribution in [3.05, 3.63) is 46.6 Å². The minimum Gasteiger partial charge on any atom is -0.278 e. The molecule has 0 unspecified atom stereocenters. The van der Waals surface area contributed by atoms with Crippen molar-refractivity contribution in [3.8, 4) is 0 Å². The van der Waals surface area contributed by atoms with E-state index in [1.165, 1.54) is 15.7 Å². The fourth-order valence-corrected chi connectivity index (χ4v) is 4.40. The molecule has 0 aliphatic heterocycles. The summed E-state index contributed by atoms with van der Waals surface area (Å²) < 4.78 is 28.9. The molecular formula is C12H10ClN3O2S2. The number of rotatable bonds is 3. The summed E-state index contributed by atoms with van der Waals surface area (Å²) in [4.78, 5) is 4.57. The van der Waals surface area contributed by atoms with Crippen LogP contribution in [-0.2, 0) is 10.0 Å². The van der Waals surface area contributed by atoms with Crippen molar-refractivity contribution in [1.29, 1.82) is 0 Å². The maximum atomic E-state index is 12.5. The van der Waals surface area contributed by atoms with E-state index in [-0.39, 0.29) is 10.2 Å². The minimum atomic E-state index is -3.79. The van der Waals surface area contributed by atoms with Crippen LogP contribution in [0.15, 0.2) is 40.9 Å². The van der Waals surface area contributed by atoms with Crippen LogP contribution in [0.4, 0.5) is 5.69 Å². The van der Waals surface area contributed by atoms with Crippen molar-refractivity contribution in [1.82, 2.24) is 9.38 Å². The van der Waals surface area contributed by atoms with Crippen molar-refractivity contribution < 1.29 is 8.42 Å². The number of fused-ring (bicyclic) bond motifs is 1. The summed E-state index contributed by atoms with van der Waals surface area (Å²) in [5, 5.41) is 1.68. The van der Waals surface area contributed by atoms with Crippen LogP contribution in [0, 0.1) is 6.92 Å². The highest BCUT2D eigenvalue weighted by Crippen LogP contribution is 2.27. The van der Waals surface area contributed by atoms with Gasteiger partial charge in [0.2, 0.25) is 0 Å². The second kappa shape index (κ2) is 4.76. The van der Waals surface area contributed by atoms with Gasteiger partial charge in [0.25, 0.3) is 10.0 Å². The number of thiazole rings is 1. The molecule has 0 radical (unpaired) electrons. The second-order valence-electron chi connectivity index (χ2n) is 4.24. The van der Waals surface area contributed by atoms with Gasteiger partial charge in [-0.3, -0.25) is 9.12 Å². The molecule has 0 aliphatic carbocycles. The lowest BCUT2D eigenvalue weighted by atomic mass is 10.2. The van der Waals surface area contributed by atoms with Crippen LogP contribution in [0.3, 0.4) is 0 Å². The molecule has 0 aliphatic rings. The first-order chi connectivity index (χ1) is 9.47. The molecule has 2 aromatic heterocycles. The molecule has 1 aromatic carbocycles. The zero-order chi connectivity index (χ0) is 14.3. The minimum absolute atomic E-state index is 0.0306. The largest absolute Gasteiger partial charge is 0.281 e. The van der Waals surface area contributed by atoms with Crippen LogP contribution in [0.2, 0.25) is 5.15 Å². The highest BCUT2D eigenvalue weighted by atomic mass is 35.5. The molecule has 0 fully saturated rings. The molecule has 2 heterocycles. The van der Waals surface area contributed by atoms with Gasteiger partial charge in [0.15, 0.2) is 15.1 Å². The Kier molecular flexibility index (Phi) is 3.19. The number of nitrogens with zero attached hydrogens (tertiary/aromatic N) is 2. The number of imidazole rings is 1. The van der Waals surface area contributed by atoms with E-state index in [1.807, 2.05) is 13.0 Å². The summed E-state index contributed by atoms with van der Waals surface area (Å²) >= 11 is 7.27. The monoisotopic (exact) mass is 327 g/mol. The average molecular weight is 328 g/mol. The molecule has 0 spiro atoms. The van der Waals surface area contributed by atoms with Gasteiger partial charge in [-0.25, -0.2) is 4.98 Å². The van der Waals surface area contributed by atoms with Gasteiger partial charge < -0.3 is 0 Å². The van der Waals surface area contributed by atoms with E-state index < -0.39 is 10.0 Å². The first kappa shape index (κ1) is 13.4. The Morgan fingerprint density at radius 2 is 2.20 bits per heavy atom. The normalized spacial score (nSPS) is 11.9. The molecule has 0 saturated carbocycles. The van der Waals surface area contributed by atoms with Gasteiger partial charge in [-0.1, -0.05) is 23.7 Å². The Bertz CT molecular complexity index is 883. The van der Waals surface area contributed by atoms with Gasteiger partial charge in [0, 0.05) is 17.3 Å². The molecule has 104 valence electrons. The number of halogens is 1. The lowest BCUT2D eigenvalue weighted by Gasteiger charge is -2.08. The predicted octanol–water partition coefficient (Wildman–Crippen LogP) is 3.16. The van der Waals surface area contributed by atoms with Crippen LogP contribution < -0.4 is 4.72 Å². The second-order valence-corrected chi connectivity index (χ2v) is 7.07. The number of aryl methyl sites for hydroxylation is 1. The SMILES string of the molecule is Cc1cccc(NS(=O)(=O)c2c(Cl)nc3sccn23)c1. The van der Waals surface area contributed by atoms with Gasteiger partial charge in [-0.15, -0.1) is 11.3 Å². The van der Waals surface area contributed by atoms with Crippen LogP contribution >= 0.6 is 22.9 Å². The fraction of sp³-hybridized carbons (Fsp3) is 0.0833. The summed E-state index contributed by atoms with van der Waals surface area (Å²) in [7, 11) is -3.79. The predicted molar refractivity (Wildman–Crippen MR) is 80.1 cm³/mol. The van der Waals surface area contributed by atoms with Crippen molar-refractivity contribution in [3.63, 3.8) is 0 Å². The van der Waals surface area contributed by atoms with Gasteiger partial charge in [0.1, 0.15) is 0 Å². The van der Waals surface area contributed by atoms with Crippen molar-refractivity contribution in [2.75, 3.05) is 4.72 Å². The third-order valence-electron chi connectivity index (χ3n) is 2.70. The quantitative estimate of drug-likeness (QED) is 0.803. The van der Waals surface area contributed by atoms with E-state index >= 15 is 0 Å². The lowest BCUT2D eigenvalue weighted by molar-refractivity contribution is 0.597. The number of aromatic nitrogens is 2. The molecule has 3 rings (SSSR count). The van der Waals surface area contributed by atoms with E-state index in [9.17, 15) is 8.42 Å². The maximum absolute atomic E-state index is 12.5. The Morgan fingerprint density at radius 3 is 2.95 bits per heavy atom. The first-order valence-electron chi connectivity index (χ1n) is 5.68. The number of anilines is 1. The van der Waals surface area contributed by atoms with E-state index in [2.05, 4.69) is 9.71 Å². The highest BCUT2D eigenvalue weighted by molar-refractivity contribution is 7.92. The highest BCUT2D eigenvalue weighted by Gasteiger charge is 2.25. The van der Waals surface area contributed by atoms with E-state index in [0.29, 0.717) is 10.6 Å². The zero-order valence-corrected chi connectivity index (χ0v) is 12.8. The molecule has 3 aromatic rings. The molecule has 20 heavy (non-hydrogen) atoms. The maximum Gasteiger partial charge on any atom is 0.281 e. The summed E-state index contributed by atoms with van der Waals surface area (Å²) in [6.07, 6.45) is 1.63. The number of benzene rings is 1. The average Bonchev–Trinajstić information content (AvgIpc) is 2.87. The smallest absolute Gasteiger partial charge is 0.278 e. The third-order valence-corrected chi connectivity index (χ3v) is 5.24. The standard InChI is InChI=1S/C12H10ClN3O2S2/c1-8-3-2-4-9(7-8)15-20(17,18)11-10(13)14-12-16(11)5-6-19-12/h2-7,15H,1H3. The van der Waals surface area contributed by atoms with Gasteiger partial charge in [0.05, 0.1) is 0 Å². The van der Waals surface area contributed by atoms with Gasteiger partial charge in [-0.2, -0.15) is 8.42 Å². The van der Waals surface area contributed by atoms with E-state index in [1.54, 1.807) is 29.8 Å². The van der Waals surface area contributed by atoms with Crippen LogP contribution in [0.5, 0.6) is 0 Å². The third kappa shape index (κ3) is 2.28. The zero-order valence-electron chi connectivity index (χ0n) is 10.4. The molecule has 8 heteroatoms. The molecular weight excluding hydrogens is 318 g/mol. The summed E-state index contributed by atoms with van der Waals surface area (Å²) in [5.41, 5.74) is 1.46. The van der Waals surface area contributed by atoms with Crippen LogP contribution in [0.1, 0.15) is 5.56 Å². The number of nitrogens with one attached hydrogen (secondary N) is 1. The fourth-order valence-electron chi connectivity index (χ4n) is 1.89. The molecule has 0 atom stereocenters. The van der Waals surface area contributed by atoms with Crippen LogP contribution in [-0.4, -0.2) is 17.8 Å². The number of sulfonamides is 1. The van der Waals surface area contributed by atoms with Gasteiger partial charge in [-0.05, 0) is 24.6 Å². The summed E-state index contributed by atoms with van der Waals surface area (Å²) in [6.45, 7) is 1.89. The molecule has 0 saturated heterocycles. The van der Waals surface area contributed by atoms with Crippen molar-refractivity contribution >= 4 is 43.6 Å². The summed E-state index contributed by atoms with van der Waals surface area (Å²) in [6, 6.07) is 7.10. The molecule has 0 amide bonds. The van der Waals surface area contributed by atoms with Crippen molar-refractivity contribution in [2.24, 2.45) is 0 Å². The molecule has 1 N–H and O–H groups in total. The Hall–Kier alpha value is -1.57. The van der Waals surface area contributed by atoms with Crippen LogP contribution in [0.25, 0.3) is 4.96 Å². The summed E-state index contributed by atoms with van der Waals surface area (Å²) in [5.74, 6) is 0. The molecule has 0 bridgehead atoms. The Morgan fingerprint density at radius 1 is 1.40 bits per heavy atom. The topological polar surface area (TPSA) is 63.5 Å². The van der Waals surface area contributed by atoms with E-state index in [0.717, 1.165) is 5.56 Å².